The number of Topliss-reactive ketones (excluding diaryl/α,β-unsaturated/α-hetero) is 1. The van der Waals surface area contributed by atoms with Crippen molar-refractivity contribution in [3.05, 3.63) is 47.0 Å². The number of ether oxygens (including phenoxy) is 1. The van der Waals surface area contributed by atoms with E-state index in [4.69, 9.17) is 4.74 Å². The van der Waals surface area contributed by atoms with Crippen molar-refractivity contribution in [1.82, 2.24) is 9.80 Å². The van der Waals surface area contributed by atoms with Crippen LogP contribution in [0.1, 0.15) is 18.5 Å². The van der Waals surface area contributed by atoms with E-state index in [9.17, 15) is 19.1 Å². The average molecular weight is 348 g/mol. The van der Waals surface area contributed by atoms with E-state index in [0.717, 1.165) is 13.1 Å². The zero-order valence-electron chi connectivity index (χ0n) is 14.1. The van der Waals surface area contributed by atoms with Crippen molar-refractivity contribution in [2.24, 2.45) is 0 Å². The van der Waals surface area contributed by atoms with Gasteiger partial charge in [0, 0.05) is 26.2 Å². The number of ketones is 1. The molecule has 134 valence electrons. The molecule has 25 heavy (non-hydrogen) atoms. The zero-order valence-corrected chi connectivity index (χ0v) is 14.1. The van der Waals surface area contributed by atoms with Crippen LogP contribution < -0.4 is 0 Å². The molecule has 1 atom stereocenters. The second kappa shape index (κ2) is 7.33. The SMILES string of the molecule is CC(=O)C1=C(O)C(=O)N(CCN2CCOCC2)[C@H]1c1ccc(F)cc1. The van der Waals surface area contributed by atoms with E-state index >= 15 is 0 Å². The Morgan fingerprint density at radius 3 is 2.48 bits per heavy atom. The van der Waals surface area contributed by atoms with Crippen molar-refractivity contribution in [1.29, 1.82) is 0 Å². The third-order valence-corrected chi connectivity index (χ3v) is 4.63. The molecule has 1 aromatic rings. The number of carbonyl (C=O) groups is 2. The van der Waals surface area contributed by atoms with Crippen LogP contribution in [0.15, 0.2) is 35.6 Å². The summed E-state index contributed by atoms with van der Waals surface area (Å²) in [7, 11) is 0. The van der Waals surface area contributed by atoms with Gasteiger partial charge >= 0.3 is 0 Å². The summed E-state index contributed by atoms with van der Waals surface area (Å²) in [5, 5.41) is 10.2. The Hall–Kier alpha value is -2.25. The summed E-state index contributed by atoms with van der Waals surface area (Å²) in [6.45, 7) is 5.16. The molecule has 2 heterocycles. The third-order valence-electron chi connectivity index (χ3n) is 4.63. The van der Waals surface area contributed by atoms with E-state index < -0.39 is 23.5 Å². The summed E-state index contributed by atoms with van der Waals surface area (Å²) in [6, 6.07) is 4.96. The van der Waals surface area contributed by atoms with E-state index in [1.165, 1.54) is 36.1 Å². The first-order chi connectivity index (χ1) is 12.0. The summed E-state index contributed by atoms with van der Waals surface area (Å²) in [5.41, 5.74) is 0.671. The Bertz CT molecular complexity index is 696. The van der Waals surface area contributed by atoms with Gasteiger partial charge in [-0.3, -0.25) is 14.5 Å². The smallest absolute Gasteiger partial charge is 0.290 e. The minimum atomic E-state index is -0.688. The van der Waals surface area contributed by atoms with Gasteiger partial charge in [-0.2, -0.15) is 0 Å². The van der Waals surface area contributed by atoms with Crippen molar-refractivity contribution in [2.75, 3.05) is 39.4 Å². The lowest BCUT2D eigenvalue weighted by Gasteiger charge is -2.31. The molecule has 1 fully saturated rings. The van der Waals surface area contributed by atoms with Crippen molar-refractivity contribution >= 4 is 11.7 Å². The number of halogens is 1. The summed E-state index contributed by atoms with van der Waals surface area (Å²) >= 11 is 0. The van der Waals surface area contributed by atoms with Gasteiger partial charge in [-0.1, -0.05) is 12.1 Å². The molecule has 6 nitrogen and oxygen atoms in total. The molecule has 0 spiro atoms. The van der Waals surface area contributed by atoms with Gasteiger partial charge in [0.2, 0.25) is 0 Å². The van der Waals surface area contributed by atoms with Gasteiger partial charge in [0.05, 0.1) is 24.8 Å². The van der Waals surface area contributed by atoms with Crippen LogP contribution in [0, 0.1) is 5.82 Å². The fourth-order valence-corrected chi connectivity index (χ4v) is 3.31. The predicted molar refractivity (Wildman–Crippen MR) is 88.4 cm³/mol. The molecule has 0 unspecified atom stereocenters. The monoisotopic (exact) mass is 348 g/mol. The van der Waals surface area contributed by atoms with Crippen molar-refractivity contribution in [3.63, 3.8) is 0 Å². The number of nitrogens with zero attached hydrogens (tertiary/aromatic N) is 2. The highest BCUT2D eigenvalue weighted by molar-refractivity contribution is 6.08. The summed E-state index contributed by atoms with van der Waals surface area (Å²) in [4.78, 5) is 28.1. The molecule has 0 aliphatic carbocycles. The molecular formula is C18H21FN2O4. The molecule has 0 radical (unpaired) electrons. The number of aliphatic hydroxyl groups is 1. The molecule has 2 aliphatic heterocycles. The topological polar surface area (TPSA) is 70.1 Å². The van der Waals surface area contributed by atoms with Crippen LogP contribution in [-0.4, -0.2) is 66.0 Å². The van der Waals surface area contributed by atoms with Crippen molar-refractivity contribution in [3.8, 4) is 0 Å². The first-order valence-electron chi connectivity index (χ1n) is 8.29. The fraction of sp³-hybridized carbons (Fsp3) is 0.444. The van der Waals surface area contributed by atoms with Crippen LogP contribution in [0.2, 0.25) is 0 Å². The minimum Gasteiger partial charge on any atom is -0.503 e. The van der Waals surface area contributed by atoms with Gasteiger partial charge in [0.25, 0.3) is 5.91 Å². The Balaban J connectivity index is 1.85. The van der Waals surface area contributed by atoms with Crippen LogP contribution in [-0.2, 0) is 14.3 Å². The average Bonchev–Trinajstić information content (AvgIpc) is 2.86. The molecule has 0 saturated carbocycles. The van der Waals surface area contributed by atoms with E-state index in [-0.39, 0.29) is 11.4 Å². The lowest BCUT2D eigenvalue weighted by Crippen LogP contribution is -2.43. The van der Waals surface area contributed by atoms with Gasteiger partial charge in [0.15, 0.2) is 11.5 Å². The highest BCUT2D eigenvalue weighted by atomic mass is 19.1. The number of morpholine rings is 1. The van der Waals surface area contributed by atoms with Gasteiger partial charge < -0.3 is 14.7 Å². The molecule has 1 aromatic carbocycles. The predicted octanol–water partition coefficient (Wildman–Crippen LogP) is 1.44. The molecular weight excluding hydrogens is 327 g/mol. The third kappa shape index (κ3) is 3.57. The second-order valence-corrected chi connectivity index (χ2v) is 6.23. The van der Waals surface area contributed by atoms with Crippen molar-refractivity contribution in [2.45, 2.75) is 13.0 Å². The summed E-state index contributed by atoms with van der Waals surface area (Å²) < 4.78 is 18.6. The van der Waals surface area contributed by atoms with E-state index in [2.05, 4.69) is 4.90 Å². The second-order valence-electron chi connectivity index (χ2n) is 6.23. The standard InChI is InChI=1S/C18H21FN2O4/c1-12(22)15-16(13-2-4-14(19)5-3-13)21(18(24)17(15)23)7-6-20-8-10-25-11-9-20/h2-5,16,23H,6-11H2,1H3/t16-/m0/s1. The Morgan fingerprint density at radius 2 is 1.88 bits per heavy atom. The molecule has 1 N–H and O–H groups in total. The molecule has 1 amide bonds. The van der Waals surface area contributed by atoms with Crippen LogP contribution in [0.5, 0.6) is 0 Å². The van der Waals surface area contributed by atoms with Crippen LogP contribution >= 0.6 is 0 Å². The summed E-state index contributed by atoms with van der Waals surface area (Å²) in [6.07, 6.45) is 0. The van der Waals surface area contributed by atoms with Gasteiger partial charge in [-0.25, -0.2) is 4.39 Å². The highest BCUT2D eigenvalue weighted by Crippen LogP contribution is 2.37. The molecule has 2 aliphatic rings. The highest BCUT2D eigenvalue weighted by Gasteiger charge is 2.42. The van der Waals surface area contributed by atoms with Crippen molar-refractivity contribution < 1.29 is 23.8 Å². The number of benzene rings is 1. The number of rotatable bonds is 5. The van der Waals surface area contributed by atoms with E-state index in [1.54, 1.807) is 0 Å². The van der Waals surface area contributed by atoms with Crippen LogP contribution in [0.25, 0.3) is 0 Å². The maximum Gasteiger partial charge on any atom is 0.290 e. The first-order valence-corrected chi connectivity index (χ1v) is 8.29. The van der Waals surface area contributed by atoms with Crippen LogP contribution in [0.4, 0.5) is 4.39 Å². The van der Waals surface area contributed by atoms with Gasteiger partial charge in [-0.05, 0) is 24.6 Å². The Labute approximate surface area is 145 Å². The maximum atomic E-state index is 13.2. The summed E-state index contributed by atoms with van der Waals surface area (Å²) in [5.74, 6) is -1.84. The normalized spacial score (nSPS) is 21.9. The molecule has 0 bridgehead atoms. The van der Waals surface area contributed by atoms with E-state index in [1.807, 2.05) is 0 Å². The number of aliphatic hydroxyl groups excluding tert-OH is 1. The van der Waals surface area contributed by atoms with Crippen LogP contribution in [0.3, 0.4) is 0 Å². The minimum absolute atomic E-state index is 0.0681. The number of hydrogen-bond donors (Lipinski definition) is 1. The van der Waals surface area contributed by atoms with E-state index in [0.29, 0.717) is 31.9 Å². The molecule has 1 saturated heterocycles. The maximum absolute atomic E-state index is 13.2. The zero-order chi connectivity index (χ0) is 18.0. The Kier molecular flexibility index (Phi) is 5.15. The molecule has 0 aromatic heterocycles. The quantitative estimate of drug-likeness (QED) is 0.872. The first kappa shape index (κ1) is 17.6. The number of amides is 1. The fourth-order valence-electron chi connectivity index (χ4n) is 3.31. The number of carbonyl (C=O) groups excluding carboxylic acids is 2. The lowest BCUT2D eigenvalue weighted by atomic mass is 9.97. The largest absolute Gasteiger partial charge is 0.503 e. The van der Waals surface area contributed by atoms with Gasteiger partial charge in [0.1, 0.15) is 5.82 Å². The molecule has 3 rings (SSSR count). The Morgan fingerprint density at radius 1 is 1.24 bits per heavy atom. The molecule has 7 heteroatoms. The lowest BCUT2D eigenvalue weighted by molar-refractivity contribution is -0.129. The number of hydrogen-bond acceptors (Lipinski definition) is 5. The van der Waals surface area contributed by atoms with Gasteiger partial charge in [-0.15, -0.1) is 0 Å².